The lowest BCUT2D eigenvalue weighted by Crippen LogP contribution is -2.40. The van der Waals surface area contributed by atoms with Gasteiger partial charge >= 0.3 is 0 Å². The summed E-state index contributed by atoms with van der Waals surface area (Å²) in [5.74, 6) is 0.590. The molecular formula is C15H23FN2. The van der Waals surface area contributed by atoms with Crippen LogP contribution in [0.25, 0.3) is 0 Å². The SMILES string of the molecule is CC1CCC(C)N(Cc2cccc(CN)c2F)C1. The molecule has 100 valence electrons. The molecule has 0 radical (unpaired) electrons. The summed E-state index contributed by atoms with van der Waals surface area (Å²) in [6.45, 7) is 6.53. The largest absolute Gasteiger partial charge is 0.326 e. The van der Waals surface area contributed by atoms with E-state index in [0.717, 1.165) is 12.1 Å². The molecule has 2 unspecified atom stereocenters. The van der Waals surface area contributed by atoms with Crippen molar-refractivity contribution in [1.82, 2.24) is 4.90 Å². The van der Waals surface area contributed by atoms with E-state index in [4.69, 9.17) is 5.73 Å². The van der Waals surface area contributed by atoms with Crippen molar-refractivity contribution in [2.75, 3.05) is 6.54 Å². The van der Waals surface area contributed by atoms with Crippen molar-refractivity contribution in [3.05, 3.63) is 35.1 Å². The molecule has 2 nitrogen and oxygen atoms in total. The monoisotopic (exact) mass is 250 g/mol. The number of piperidine rings is 1. The number of likely N-dealkylation sites (tertiary alicyclic amines) is 1. The molecule has 3 heteroatoms. The normalized spacial score (nSPS) is 25.3. The molecule has 1 fully saturated rings. The highest BCUT2D eigenvalue weighted by Crippen LogP contribution is 2.24. The number of hydrogen-bond donors (Lipinski definition) is 1. The second-order valence-electron chi connectivity index (χ2n) is 5.56. The quantitative estimate of drug-likeness (QED) is 0.893. The fourth-order valence-electron chi connectivity index (χ4n) is 2.73. The number of benzene rings is 1. The number of rotatable bonds is 3. The van der Waals surface area contributed by atoms with Crippen LogP contribution in [-0.4, -0.2) is 17.5 Å². The lowest BCUT2D eigenvalue weighted by molar-refractivity contribution is 0.116. The van der Waals surface area contributed by atoms with E-state index in [9.17, 15) is 4.39 Å². The van der Waals surface area contributed by atoms with Crippen LogP contribution in [0.15, 0.2) is 18.2 Å². The number of nitrogens with zero attached hydrogens (tertiary/aromatic N) is 1. The minimum atomic E-state index is -0.120. The Morgan fingerprint density at radius 3 is 2.72 bits per heavy atom. The van der Waals surface area contributed by atoms with E-state index in [2.05, 4.69) is 18.7 Å². The van der Waals surface area contributed by atoms with Crippen LogP contribution in [0.4, 0.5) is 4.39 Å². The highest BCUT2D eigenvalue weighted by molar-refractivity contribution is 5.26. The zero-order valence-corrected chi connectivity index (χ0v) is 11.3. The Kier molecular flexibility index (Phi) is 4.36. The van der Waals surface area contributed by atoms with Gasteiger partial charge in [0.1, 0.15) is 5.82 Å². The molecule has 1 aliphatic heterocycles. The van der Waals surface area contributed by atoms with Crippen molar-refractivity contribution >= 4 is 0 Å². The van der Waals surface area contributed by atoms with Gasteiger partial charge in [-0.25, -0.2) is 4.39 Å². The predicted molar refractivity (Wildman–Crippen MR) is 72.6 cm³/mol. The van der Waals surface area contributed by atoms with Gasteiger partial charge in [0, 0.05) is 36.8 Å². The van der Waals surface area contributed by atoms with Crippen molar-refractivity contribution in [3.63, 3.8) is 0 Å². The molecular weight excluding hydrogens is 227 g/mol. The Morgan fingerprint density at radius 1 is 1.28 bits per heavy atom. The van der Waals surface area contributed by atoms with Crippen LogP contribution in [0, 0.1) is 11.7 Å². The molecule has 0 spiro atoms. The summed E-state index contributed by atoms with van der Waals surface area (Å²) < 4.78 is 14.1. The van der Waals surface area contributed by atoms with E-state index < -0.39 is 0 Å². The van der Waals surface area contributed by atoms with Crippen LogP contribution in [0.1, 0.15) is 37.8 Å². The highest BCUT2D eigenvalue weighted by Gasteiger charge is 2.23. The predicted octanol–water partition coefficient (Wildman–Crippen LogP) is 2.90. The van der Waals surface area contributed by atoms with E-state index in [0.29, 0.717) is 24.1 Å². The van der Waals surface area contributed by atoms with Gasteiger partial charge in [-0.3, -0.25) is 4.90 Å². The second kappa shape index (κ2) is 5.81. The van der Waals surface area contributed by atoms with E-state index >= 15 is 0 Å². The Labute approximate surface area is 109 Å². The van der Waals surface area contributed by atoms with Crippen LogP contribution >= 0.6 is 0 Å². The van der Waals surface area contributed by atoms with E-state index in [1.165, 1.54) is 12.8 Å². The minimum absolute atomic E-state index is 0.120. The number of hydrogen-bond acceptors (Lipinski definition) is 2. The molecule has 2 N–H and O–H groups in total. The van der Waals surface area contributed by atoms with E-state index in [1.54, 1.807) is 6.07 Å². The first-order valence-electron chi connectivity index (χ1n) is 6.82. The van der Waals surface area contributed by atoms with Gasteiger partial charge in [0.05, 0.1) is 0 Å². The lowest BCUT2D eigenvalue weighted by Gasteiger charge is -2.36. The molecule has 18 heavy (non-hydrogen) atoms. The summed E-state index contributed by atoms with van der Waals surface area (Å²) in [6.07, 6.45) is 2.49. The fraction of sp³-hybridized carbons (Fsp3) is 0.600. The van der Waals surface area contributed by atoms with E-state index in [1.807, 2.05) is 12.1 Å². The van der Waals surface area contributed by atoms with Crippen molar-refractivity contribution < 1.29 is 4.39 Å². The molecule has 2 rings (SSSR count). The second-order valence-corrected chi connectivity index (χ2v) is 5.56. The molecule has 1 saturated heterocycles. The molecule has 1 aromatic rings. The molecule has 0 saturated carbocycles. The third-order valence-electron chi connectivity index (χ3n) is 4.00. The molecule has 2 atom stereocenters. The first kappa shape index (κ1) is 13.5. The molecule has 1 aromatic carbocycles. The molecule has 0 aliphatic carbocycles. The summed E-state index contributed by atoms with van der Waals surface area (Å²) in [5, 5.41) is 0. The van der Waals surface area contributed by atoms with Crippen molar-refractivity contribution in [3.8, 4) is 0 Å². The van der Waals surface area contributed by atoms with Gasteiger partial charge in [0.25, 0.3) is 0 Å². The Hall–Kier alpha value is -0.930. The van der Waals surface area contributed by atoms with Gasteiger partial charge in [0.2, 0.25) is 0 Å². The van der Waals surface area contributed by atoms with Gasteiger partial charge in [0.15, 0.2) is 0 Å². The van der Waals surface area contributed by atoms with Gasteiger partial charge < -0.3 is 5.73 Å². The van der Waals surface area contributed by atoms with Gasteiger partial charge in [-0.05, 0) is 25.7 Å². The van der Waals surface area contributed by atoms with Crippen LogP contribution in [-0.2, 0) is 13.1 Å². The third-order valence-corrected chi connectivity index (χ3v) is 4.00. The first-order chi connectivity index (χ1) is 8.61. The van der Waals surface area contributed by atoms with Crippen molar-refractivity contribution in [2.45, 2.75) is 45.8 Å². The Balaban J connectivity index is 2.13. The zero-order chi connectivity index (χ0) is 13.1. The van der Waals surface area contributed by atoms with Gasteiger partial charge in [-0.1, -0.05) is 25.1 Å². The average Bonchev–Trinajstić information content (AvgIpc) is 2.36. The van der Waals surface area contributed by atoms with Gasteiger partial charge in [-0.15, -0.1) is 0 Å². The summed E-state index contributed by atoms with van der Waals surface area (Å²) in [5.41, 5.74) is 6.94. The smallest absolute Gasteiger partial charge is 0.132 e. The van der Waals surface area contributed by atoms with E-state index in [-0.39, 0.29) is 12.4 Å². The summed E-state index contributed by atoms with van der Waals surface area (Å²) >= 11 is 0. The topological polar surface area (TPSA) is 29.3 Å². The lowest BCUT2D eigenvalue weighted by atomic mass is 9.94. The van der Waals surface area contributed by atoms with Crippen LogP contribution in [0.2, 0.25) is 0 Å². The highest BCUT2D eigenvalue weighted by atomic mass is 19.1. The standard InChI is InChI=1S/C15H23FN2/c1-11-6-7-12(2)18(9-11)10-14-5-3-4-13(8-17)15(14)16/h3-5,11-12H,6-10,17H2,1-2H3. The maximum atomic E-state index is 14.1. The number of halogens is 1. The summed E-state index contributed by atoms with van der Waals surface area (Å²) in [4.78, 5) is 2.38. The molecule has 0 amide bonds. The molecule has 0 bridgehead atoms. The molecule has 1 aliphatic rings. The van der Waals surface area contributed by atoms with Crippen LogP contribution < -0.4 is 5.73 Å². The van der Waals surface area contributed by atoms with Crippen LogP contribution in [0.5, 0.6) is 0 Å². The minimum Gasteiger partial charge on any atom is -0.326 e. The number of nitrogens with two attached hydrogens (primary N) is 1. The average molecular weight is 250 g/mol. The first-order valence-corrected chi connectivity index (χ1v) is 6.82. The maximum absolute atomic E-state index is 14.1. The zero-order valence-electron chi connectivity index (χ0n) is 11.3. The fourth-order valence-corrected chi connectivity index (χ4v) is 2.73. The molecule has 0 aromatic heterocycles. The summed E-state index contributed by atoms with van der Waals surface area (Å²) in [6, 6.07) is 6.09. The molecule has 1 heterocycles. The Morgan fingerprint density at radius 2 is 2.00 bits per heavy atom. The Bertz CT molecular complexity index is 405. The maximum Gasteiger partial charge on any atom is 0.132 e. The van der Waals surface area contributed by atoms with Crippen molar-refractivity contribution in [1.29, 1.82) is 0 Å². The van der Waals surface area contributed by atoms with Crippen LogP contribution in [0.3, 0.4) is 0 Å². The third kappa shape index (κ3) is 2.90. The van der Waals surface area contributed by atoms with Crippen molar-refractivity contribution in [2.24, 2.45) is 11.7 Å². The van der Waals surface area contributed by atoms with Gasteiger partial charge in [-0.2, -0.15) is 0 Å². The summed E-state index contributed by atoms with van der Waals surface area (Å²) in [7, 11) is 0.